The second-order valence-electron chi connectivity index (χ2n) is 11.5. The van der Waals surface area contributed by atoms with E-state index >= 15 is 0 Å². The molecule has 4 heteroatoms. The van der Waals surface area contributed by atoms with Gasteiger partial charge in [0.1, 0.15) is 0 Å². The molecule has 0 radical (unpaired) electrons. The van der Waals surface area contributed by atoms with Gasteiger partial charge < -0.3 is 0 Å². The molecule has 0 N–H and O–H groups in total. The monoisotopic (exact) mass is 392 g/mol. The van der Waals surface area contributed by atoms with Crippen LogP contribution in [0.5, 0.6) is 0 Å². The quantitative estimate of drug-likeness (QED) is 0.341. The van der Waals surface area contributed by atoms with Crippen LogP contribution < -0.4 is 0 Å². The smallest absolute Gasteiger partial charge is 0.0435 e. The van der Waals surface area contributed by atoms with Crippen LogP contribution in [0.3, 0.4) is 0 Å². The van der Waals surface area contributed by atoms with Crippen LogP contribution in [-0.2, 0) is 6.51 Å². The Bertz CT molecular complexity index is 1130. The zero-order valence-electron chi connectivity index (χ0n) is 11.7. The van der Waals surface area contributed by atoms with Crippen molar-refractivity contribution in [3.8, 4) is 0 Å². The van der Waals surface area contributed by atoms with Crippen LogP contribution in [0.2, 0.25) is 62.7 Å². The molecule has 1 aromatic rings. The Kier molecular flexibility index (Phi) is 0.499. The summed E-state index contributed by atoms with van der Waals surface area (Å²) in [6.45, 7) is 1.67. The Balaban J connectivity index is 0.0000000884. The van der Waals surface area contributed by atoms with Crippen molar-refractivity contribution in [3.63, 3.8) is 0 Å². The molecule has 10 heterocycles. The number of rotatable bonds is 1. The van der Waals surface area contributed by atoms with Crippen LogP contribution in [-0.4, -0.2) is 0 Å². The van der Waals surface area contributed by atoms with Crippen LogP contribution in [0.1, 0.15) is 0 Å². The maximum atomic E-state index is 5.58. The van der Waals surface area contributed by atoms with Gasteiger partial charge in [-0.25, -0.2) is 0 Å². The Morgan fingerprint density at radius 1 is 0.773 bits per heavy atom. The van der Waals surface area contributed by atoms with Gasteiger partial charge >= 0.3 is 66.8 Å². The molecule has 11 rings (SSSR count). The van der Waals surface area contributed by atoms with E-state index in [1.165, 1.54) is 43.3 Å². The molecule has 0 aromatic heterocycles. The second-order valence-corrected chi connectivity index (χ2v) is 36.4. The number of halogens is 3. The van der Waals surface area contributed by atoms with Crippen LogP contribution in [0.25, 0.3) is 0 Å². The zero-order chi connectivity index (χ0) is 14.6. The van der Waals surface area contributed by atoms with Gasteiger partial charge in [-0.05, 0) is 18.2 Å². The van der Waals surface area contributed by atoms with Crippen LogP contribution in [0, 0.1) is 0 Å². The molecule has 10 fully saturated rings. The van der Waals surface area contributed by atoms with E-state index in [4.69, 9.17) is 34.8 Å². The molecule has 10 aliphatic heterocycles. The van der Waals surface area contributed by atoms with Crippen LogP contribution in [0.4, 0.5) is 0 Å². The van der Waals surface area contributed by atoms with Crippen molar-refractivity contribution in [3.05, 3.63) is 45.9 Å². The molecule has 1 spiro atoms. The van der Waals surface area contributed by atoms with E-state index in [1.54, 1.807) is 18.2 Å². The van der Waals surface area contributed by atoms with Gasteiger partial charge in [0.25, 0.3) is 0 Å². The Morgan fingerprint density at radius 3 is 1.27 bits per heavy atom. The Labute approximate surface area is 134 Å². The Morgan fingerprint density at radius 2 is 1.14 bits per heavy atom. The van der Waals surface area contributed by atoms with Crippen molar-refractivity contribution < 1.29 is 6.51 Å². The molecule has 0 saturated carbocycles. The van der Waals surface area contributed by atoms with Gasteiger partial charge in [0.2, 0.25) is 0 Å². The van der Waals surface area contributed by atoms with Gasteiger partial charge in [0, 0.05) is 15.1 Å². The number of allylic oxidation sites excluding steroid dienone is 1. The summed E-state index contributed by atoms with van der Waals surface area (Å²) >= 11 is 16.7. The minimum absolute atomic E-state index is 0.563. The van der Waals surface area contributed by atoms with E-state index in [9.17, 15) is 0 Å². The van der Waals surface area contributed by atoms with Gasteiger partial charge in [-0.3, -0.25) is 0 Å². The zero-order valence-corrected chi connectivity index (χ0v) is 15.1. The first-order valence-corrected chi connectivity index (χ1v) is 15.7. The fourth-order valence-electron chi connectivity index (χ4n) is 17.4. The molecular formula is C18H15Cl3Fe. The molecule has 4 unspecified atom stereocenters. The predicted octanol–water partition coefficient (Wildman–Crippen LogP) is 7.58. The average Bonchev–Trinajstić information content (AvgIpc) is 3.39. The molecule has 0 amide bonds. The summed E-state index contributed by atoms with van der Waals surface area (Å²) in [4.78, 5) is 13.3. The van der Waals surface area contributed by atoms with E-state index in [1.807, 2.05) is 0 Å². The van der Waals surface area contributed by atoms with Crippen LogP contribution in [0.15, 0.2) is 30.9 Å². The van der Waals surface area contributed by atoms with E-state index < -0.39 is 6.51 Å². The van der Waals surface area contributed by atoms with Crippen molar-refractivity contribution >= 4 is 34.8 Å². The fraction of sp³-hybridized carbons (Fsp3) is 0.556. The first-order valence-electron chi connectivity index (χ1n) is 8.25. The summed E-state index contributed by atoms with van der Waals surface area (Å²) in [7, 11) is 0. The second kappa shape index (κ2) is 1.06. The van der Waals surface area contributed by atoms with Crippen molar-refractivity contribution in [1.29, 1.82) is 0 Å². The summed E-state index contributed by atoms with van der Waals surface area (Å²) in [5.74, 6) is 0. The first kappa shape index (κ1) is 10.4. The summed E-state index contributed by atoms with van der Waals surface area (Å²) < 4.78 is 0.999. The van der Waals surface area contributed by atoms with Crippen molar-refractivity contribution in [2.24, 2.45) is 0 Å². The van der Waals surface area contributed by atoms with E-state index in [0.717, 1.165) is 4.31 Å². The van der Waals surface area contributed by atoms with Crippen molar-refractivity contribution in [2.75, 3.05) is 0 Å². The van der Waals surface area contributed by atoms with Crippen LogP contribution >= 0.6 is 34.8 Å². The third kappa shape index (κ3) is 0.146. The maximum absolute atomic E-state index is 5.58. The Hall–Kier alpha value is 0.349. The summed E-state index contributed by atoms with van der Waals surface area (Å²) in [6, 6.07) is 4.90. The fourth-order valence-corrected chi connectivity index (χ4v) is 92.3. The topological polar surface area (TPSA) is 0 Å². The third-order valence-corrected chi connectivity index (χ3v) is 59.1. The maximum Gasteiger partial charge on any atom is 0.0435 e. The van der Waals surface area contributed by atoms with Gasteiger partial charge in [-0.15, -0.1) is 0 Å². The number of benzene rings is 1. The SMILES string of the molecule is C=C[C]12[CH]3[CH]4[CH]5[CH]1[Fe]45321678[CH]2[CH]1[CH]6[CH]7[CH]28.Clc1cc(Cl)cc(Cl)c1. The summed E-state index contributed by atoms with van der Waals surface area (Å²) in [5.41, 5.74) is 0. The van der Waals surface area contributed by atoms with Crippen molar-refractivity contribution in [2.45, 2.75) is 47.7 Å². The first-order chi connectivity index (χ1) is 10.3. The standard InChI is InChI=1S/C7H7.C6H3Cl3.C5H5.Fe/c1-2-7-5-3-4-6-7;7-4-1-5(8)3-6(9)2-4;1-2-4-5-3-1;/h2-6H,1H2;1-3H;1-5H;. The van der Waals surface area contributed by atoms with E-state index in [0.29, 0.717) is 15.1 Å². The van der Waals surface area contributed by atoms with Crippen molar-refractivity contribution in [1.82, 2.24) is 0 Å². The summed E-state index contributed by atoms with van der Waals surface area (Å²) in [5, 5.41) is 1.69. The van der Waals surface area contributed by atoms with Gasteiger partial charge in [0.15, 0.2) is 0 Å². The minimum Gasteiger partial charge on any atom is -0.0842 e. The molecule has 0 aliphatic carbocycles. The molecule has 116 valence electrons. The molecule has 10 aliphatic rings. The number of fused-ring (bicyclic) bond motifs is 10. The molecule has 0 nitrogen and oxygen atoms in total. The third-order valence-electron chi connectivity index (χ3n) is 15.9. The minimum atomic E-state index is -2.62. The normalized spacial score (nSPS) is 93.7. The van der Waals surface area contributed by atoms with Gasteiger partial charge in [-0.2, -0.15) is 0 Å². The molecule has 22 heavy (non-hydrogen) atoms. The van der Waals surface area contributed by atoms with Gasteiger partial charge in [-0.1, -0.05) is 34.8 Å². The molecule has 4 atom stereocenters. The largest absolute Gasteiger partial charge is 0.0842 e. The average molecular weight is 394 g/mol. The molecule has 0 bridgehead atoms. The van der Waals surface area contributed by atoms with Gasteiger partial charge in [0.05, 0.1) is 0 Å². The van der Waals surface area contributed by atoms with E-state index in [-0.39, 0.29) is 0 Å². The molecular weight excluding hydrogens is 378 g/mol. The molecule has 1 aromatic carbocycles. The summed E-state index contributed by atoms with van der Waals surface area (Å²) in [6.07, 6.45) is 2.57. The molecule has 10 saturated heterocycles. The number of hydrogen-bond acceptors (Lipinski definition) is 0. The van der Waals surface area contributed by atoms with E-state index in [2.05, 4.69) is 12.7 Å². The predicted molar refractivity (Wildman–Crippen MR) is 88.1 cm³/mol. The number of hydrogen-bond donors (Lipinski definition) is 0.